The first-order valence-electron chi connectivity index (χ1n) is 9.25. The van der Waals surface area contributed by atoms with Crippen molar-refractivity contribution in [2.24, 2.45) is 0 Å². The Morgan fingerprint density at radius 3 is 2.75 bits per heavy atom. The van der Waals surface area contributed by atoms with Crippen LogP contribution in [-0.2, 0) is 10.0 Å². The van der Waals surface area contributed by atoms with Gasteiger partial charge in [0.1, 0.15) is 5.35 Å². The van der Waals surface area contributed by atoms with Crippen LogP contribution < -0.4 is 10.8 Å². The molecule has 1 aromatic carbocycles. The molecule has 0 atom stereocenters. The minimum atomic E-state index is -3.17. The second-order valence-electron chi connectivity index (χ2n) is 7.46. The molecule has 3 heterocycles. The predicted molar refractivity (Wildman–Crippen MR) is 109 cm³/mol. The molecule has 3 aliphatic heterocycles. The van der Waals surface area contributed by atoms with Crippen molar-refractivity contribution in [3.8, 4) is 0 Å². The summed E-state index contributed by atoms with van der Waals surface area (Å²) in [5.74, 6) is 0. The van der Waals surface area contributed by atoms with Gasteiger partial charge in [0, 0.05) is 42.9 Å². The maximum atomic E-state index is 11.8. The second kappa shape index (κ2) is 6.23. The minimum absolute atomic E-state index is 0.398. The van der Waals surface area contributed by atoms with Crippen molar-refractivity contribution < 1.29 is 8.42 Å². The number of nitrogens with one attached hydrogen (secondary N) is 1. The van der Waals surface area contributed by atoms with Crippen molar-refractivity contribution in [1.29, 1.82) is 0 Å². The maximum Gasteiger partial charge on any atom is 0.211 e. The largest absolute Gasteiger partial charge is 0.316 e. The van der Waals surface area contributed by atoms with Crippen molar-refractivity contribution in [2.75, 3.05) is 38.4 Å². The monoisotopic (exact) mass is 395 g/mol. The number of anilines is 1. The summed E-state index contributed by atoms with van der Waals surface area (Å²) in [7, 11) is -1.17. The summed E-state index contributed by atoms with van der Waals surface area (Å²) in [4.78, 5) is 0. The third kappa shape index (κ3) is 2.76. The Labute approximate surface area is 163 Å². The Balaban J connectivity index is 1.76. The number of aromatic nitrogens is 2. The number of hydrogen-bond acceptors (Lipinski definition) is 6. The first-order chi connectivity index (χ1) is 13.4. The highest BCUT2D eigenvalue weighted by Crippen LogP contribution is 2.27. The van der Waals surface area contributed by atoms with Gasteiger partial charge in [-0.2, -0.15) is 4.31 Å². The molecule has 0 spiro atoms. The molecule has 4 aliphatic rings. The molecule has 8 heteroatoms. The molecule has 28 heavy (non-hydrogen) atoms. The van der Waals surface area contributed by atoms with E-state index in [-0.39, 0.29) is 0 Å². The third-order valence-electron chi connectivity index (χ3n) is 5.55. The summed E-state index contributed by atoms with van der Waals surface area (Å²) in [5.41, 5.74) is 6.66. The molecule has 7 nitrogen and oxygen atoms in total. The molecular weight excluding hydrogens is 374 g/mol. The molecule has 1 aliphatic carbocycles. The molecular formula is C20H21N5O2S. The average Bonchev–Trinajstić information content (AvgIpc) is 3.01. The summed E-state index contributed by atoms with van der Waals surface area (Å²) < 4.78 is 25.2. The van der Waals surface area contributed by atoms with Gasteiger partial charge in [-0.1, -0.05) is 30.3 Å². The van der Waals surface area contributed by atoms with Crippen molar-refractivity contribution in [3.63, 3.8) is 0 Å². The zero-order chi connectivity index (χ0) is 19.5. The van der Waals surface area contributed by atoms with Crippen LogP contribution in [0.15, 0.2) is 42.0 Å². The van der Waals surface area contributed by atoms with Crippen molar-refractivity contribution in [1.82, 2.24) is 19.5 Å². The number of benzene rings is 1. The van der Waals surface area contributed by atoms with Crippen molar-refractivity contribution >= 4 is 32.1 Å². The van der Waals surface area contributed by atoms with E-state index in [4.69, 9.17) is 0 Å². The van der Waals surface area contributed by atoms with Gasteiger partial charge < -0.3 is 5.43 Å². The molecule has 0 unspecified atom stereocenters. The highest BCUT2D eigenvalue weighted by Gasteiger charge is 2.25. The molecule has 0 aromatic heterocycles. The molecule has 1 aromatic rings. The first kappa shape index (κ1) is 17.5. The van der Waals surface area contributed by atoms with Crippen LogP contribution in [0.5, 0.6) is 0 Å². The summed E-state index contributed by atoms with van der Waals surface area (Å²) in [6.07, 6.45) is 3.94. The van der Waals surface area contributed by atoms with Crippen LogP contribution in [0.25, 0.3) is 16.3 Å². The standard InChI is InChI=1S/C20H21N5O2S/c1-24-12-16(13-8-10-25(11-9-13)28(2,26)27)19-20(23-24)15-5-3-4-14-6-7-17(18(14)15)21-22-19/h3-8,23H,9-12H2,1-2H3. The number of rotatable bonds is 2. The number of nitrogens with zero attached hydrogens (tertiary/aromatic N) is 4. The maximum absolute atomic E-state index is 11.8. The van der Waals surface area contributed by atoms with E-state index in [1.54, 1.807) is 0 Å². The molecule has 0 amide bonds. The molecule has 0 saturated carbocycles. The fourth-order valence-corrected chi connectivity index (χ4v) is 4.93. The van der Waals surface area contributed by atoms with Crippen LogP contribution in [0.1, 0.15) is 6.42 Å². The average molecular weight is 395 g/mol. The molecule has 0 saturated heterocycles. The van der Waals surface area contributed by atoms with Gasteiger partial charge in [-0.05, 0) is 23.4 Å². The van der Waals surface area contributed by atoms with Gasteiger partial charge in [0.25, 0.3) is 0 Å². The van der Waals surface area contributed by atoms with Gasteiger partial charge in [-0.3, -0.25) is 0 Å². The van der Waals surface area contributed by atoms with Gasteiger partial charge in [-0.15, -0.1) is 10.2 Å². The van der Waals surface area contributed by atoms with E-state index in [0.29, 0.717) is 26.1 Å². The topological polar surface area (TPSA) is 78.4 Å². The van der Waals surface area contributed by atoms with Gasteiger partial charge in [0.05, 0.1) is 17.3 Å². The van der Waals surface area contributed by atoms with E-state index < -0.39 is 10.0 Å². The van der Waals surface area contributed by atoms with E-state index in [0.717, 1.165) is 43.5 Å². The quantitative estimate of drug-likeness (QED) is 0.700. The molecule has 144 valence electrons. The Kier molecular flexibility index (Phi) is 3.90. The lowest BCUT2D eigenvalue weighted by molar-refractivity contribution is 0.428. The van der Waals surface area contributed by atoms with Gasteiger partial charge in [0.2, 0.25) is 10.0 Å². The van der Waals surface area contributed by atoms with E-state index in [1.165, 1.54) is 10.6 Å². The van der Waals surface area contributed by atoms with E-state index in [1.807, 2.05) is 24.2 Å². The van der Waals surface area contributed by atoms with Crippen LogP contribution in [0.2, 0.25) is 0 Å². The molecule has 1 N–H and O–H groups in total. The Bertz CT molecular complexity index is 1350. The number of sulfonamides is 1. The van der Waals surface area contributed by atoms with E-state index in [2.05, 4.69) is 39.9 Å². The molecule has 0 bridgehead atoms. The summed E-state index contributed by atoms with van der Waals surface area (Å²) >= 11 is 0. The Morgan fingerprint density at radius 1 is 1.14 bits per heavy atom. The SMILES string of the molecule is CN1CC(C2=CCN(S(C)(=O)=O)CC2)=c2nnc3ccc4cccc(c2N1)c4=3. The lowest BCUT2D eigenvalue weighted by Gasteiger charge is -2.30. The number of hydrogen-bond donors (Lipinski definition) is 1. The lowest BCUT2D eigenvalue weighted by atomic mass is 9.97. The fraction of sp³-hybridized carbons (Fsp3) is 0.300. The van der Waals surface area contributed by atoms with Crippen LogP contribution in [-0.4, -0.2) is 60.9 Å². The molecule has 5 rings (SSSR count). The second-order valence-corrected chi connectivity index (χ2v) is 9.44. The van der Waals surface area contributed by atoms with Gasteiger partial charge in [-0.25, -0.2) is 13.4 Å². The Morgan fingerprint density at radius 2 is 2.00 bits per heavy atom. The van der Waals surface area contributed by atoms with Crippen LogP contribution in [0.4, 0.5) is 5.69 Å². The predicted octanol–water partition coefficient (Wildman–Crippen LogP) is 1.09. The normalized spacial score (nSPS) is 18.9. The van der Waals surface area contributed by atoms with Gasteiger partial charge >= 0.3 is 0 Å². The van der Waals surface area contributed by atoms with E-state index >= 15 is 0 Å². The summed E-state index contributed by atoms with van der Waals surface area (Å²) in [6.45, 7) is 1.57. The zero-order valence-corrected chi connectivity index (χ0v) is 16.6. The lowest BCUT2D eigenvalue weighted by Crippen LogP contribution is -2.40. The molecule has 0 fully saturated rings. The van der Waals surface area contributed by atoms with E-state index in [9.17, 15) is 8.42 Å². The zero-order valence-electron chi connectivity index (χ0n) is 15.8. The van der Waals surface area contributed by atoms with Crippen LogP contribution in [0.3, 0.4) is 0 Å². The summed E-state index contributed by atoms with van der Waals surface area (Å²) in [6, 6.07) is 10.3. The van der Waals surface area contributed by atoms with Crippen LogP contribution in [0, 0.1) is 10.6 Å². The van der Waals surface area contributed by atoms with Crippen molar-refractivity contribution in [3.05, 3.63) is 57.9 Å². The molecule has 0 radical (unpaired) electrons. The first-order valence-corrected chi connectivity index (χ1v) is 11.1. The number of hydrazine groups is 1. The highest BCUT2D eigenvalue weighted by molar-refractivity contribution is 7.88. The van der Waals surface area contributed by atoms with Crippen LogP contribution >= 0.6 is 0 Å². The summed E-state index contributed by atoms with van der Waals surface area (Å²) in [5, 5.41) is 16.3. The number of fused-ring (bicyclic) bond motifs is 2. The van der Waals surface area contributed by atoms with Gasteiger partial charge in [0.15, 0.2) is 0 Å². The highest BCUT2D eigenvalue weighted by atomic mass is 32.2. The smallest absolute Gasteiger partial charge is 0.211 e. The Hall–Kier alpha value is -2.55. The fourth-order valence-electron chi connectivity index (χ4n) is 4.17. The van der Waals surface area contributed by atoms with Crippen molar-refractivity contribution in [2.45, 2.75) is 6.42 Å². The minimum Gasteiger partial charge on any atom is -0.316 e. The third-order valence-corrected chi connectivity index (χ3v) is 6.82.